The van der Waals surface area contributed by atoms with Crippen molar-refractivity contribution >= 4 is 17.8 Å². The number of allylic oxidation sites excluding steroid dienone is 1. The molecule has 0 fully saturated rings. The predicted octanol–water partition coefficient (Wildman–Crippen LogP) is 4.41. The number of oxazole rings is 1. The van der Waals surface area contributed by atoms with E-state index < -0.39 is 35.6 Å². The first-order chi connectivity index (χ1) is 15.4. The number of rotatable bonds is 2. The molecule has 2 heterocycles. The Kier molecular flexibility index (Phi) is 9.61. The van der Waals surface area contributed by atoms with Crippen molar-refractivity contribution in [3.63, 3.8) is 0 Å². The molecule has 0 saturated heterocycles. The Morgan fingerprint density at radius 3 is 2.55 bits per heavy atom. The zero-order chi connectivity index (χ0) is 24.8. The van der Waals surface area contributed by atoms with E-state index in [1.54, 1.807) is 34.0 Å². The molecule has 2 rings (SSSR count). The van der Waals surface area contributed by atoms with E-state index in [1.165, 1.54) is 0 Å². The monoisotopic (exact) mass is 461 g/mol. The molecule has 7 heteroatoms. The van der Waals surface area contributed by atoms with Crippen molar-refractivity contribution in [1.29, 1.82) is 0 Å². The lowest BCUT2D eigenvalue weighted by molar-refractivity contribution is -0.154. The summed E-state index contributed by atoms with van der Waals surface area (Å²) in [4.78, 5) is 30.1. The highest BCUT2D eigenvalue weighted by molar-refractivity contribution is 5.88. The molecule has 1 aliphatic rings. The van der Waals surface area contributed by atoms with Gasteiger partial charge in [0.15, 0.2) is 5.89 Å². The number of carbonyl (C=O) groups is 2. The number of ketones is 1. The first-order valence-electron chi connectivity index (χ1n) is 11.8. The minimum Gasteiger partial charge on any atom is -0.457 e. The molecule has 5 atom stereocenters. The second-order valence-electron chi connectivity index (χ2n) is 9.86. The summed E-state index contributed by atoms with van der Waals surface area (Å²) >= 11 is 0. The van der Waals surface area contributed by atoms with Crippen molar-refractivity contribution < 1.29 is 29.0 Å². The Hall–Kier alpha value is -2.25. The molecule has 7 nitrogen and oxygen atoms in total. The molecule has 0 saturated carbocycles. The van der Waals surface area contributed by atoms with Gasteiger partial charge in [0.1, 0.15) is 23.8 Å². The standard InChI is InChI=1S/C26H39NO6/c1-16-11-9-7-8-10-12-21(17(2)13-20-15-32-19(4)27-20)33-23(29)14-22(28)26(5,6)25(31)18(3)24(16)30/h8,10,13,15-16,18,21-22,24,28,30H,7,9,11-12,14H2,1-6H3/b10-8+,17-13+/t16-,18-,21-,22-,24+/m0/s1. The highest BCUT2D eigenvalue weighted by Gasteiger charge is 2.42. The number of carbonyl (C=O) groups excluding carboxylic acids is 2. The maximum absolute atomic E-state index is 13.1. The van der Waals surface area contributed by atoms with E-state index >= 15 is 0 Å². The Morgan fingerprint density at radius 2 is 1.91 bits per heavy atom. The van der Waals surface area contributed by atoms with Crippen LogP contribution in [0.15, 0.2) is 28.4 Å². The van der Waals surface area contributed by atoms with Gasteiger partial charge in [-0.15, -0.1) is 0 Å². The zero-order valence-electron chi connectivity index (χ0n) is 20.7. The second-order valence-corrected chi connectivity index (χ2v) is 9.86. The van der Waals surface area contributed by atoms with Gasteiger partial charge in [-0.05, 0) is 43.8 Å². The highest BCUT2D eigenvalue weighted by atomic mass is 16.5. The highest BCUT2D eigenvalue weighted by Crippen LogP contribution is 2.32. The average Bonchev–Trinajstić information content (AvgIpc) is 3.16. The number of nitrogens with zero attached hydrogens (tertiary/aromatic N) is 1. The molecule has 0 aliphatic carbocycles. The van der Waals surface area contributed by atoms with Crippen LogP contribution in [-0.4, -0.2) is 45.3 Å². The molecular formula is C26H39NO6. The Labute approximate surface area is 196 Å². The molecule has 2 N–H and O–H groups in total. The number of ether oxygens (including phenoxy) is 1. The van der Waals surface area contributed by atoms with Gasteiger partial charge >= 0.3 is 5.97 Å². The minimum atomic E-state index is -1.23. The van der Waals surface area contributed by atoms with Crippen molar-refractivity contribution in [2.24, 2.45) is 17.3 Å². The Balaban J connectivity index is 2.27. The fraction of sp³-hybridized carbons (Fsp3) is 0.654. The number of cyclic esters (lactones) is 1. The molecule has 0 bridgehead atoms. The Bertz CT molecular complexity index is 868. The van der Waals surface area contributed by atoms with Crippen LogP contribution >= 0.6 is 0 Å². The fourth-order valence-electron chi connectivity index (χ4n) is 4.18. The number of hydrogen-bond acceptors (Lipinski definition) is 7. The topological polar surface area (TPSA) is 110 Å². The third-order valence-corrected chi connectivity index (χ3v) is 6.68. The number of aryl methyl sites for hydroxylation is 1. The first kappa shape index (κ1) is 27.0. The van der Waals surface area contributed by atoms with E-state index in [4.69, 9.17) is 9.15 Å². The summed E-state index contributed by atoms with van der Waals surface area (Å²) in [5, 5.41) is 21.5. The van der Waals surface area contributed by atoms with Crippen molar-refractivity contribution in [3.8, 4) is 0 Å². The number of aromatic nitrogens is 1. The molecular weight excluding hydrogens is 422 g/mol. The van der Waals surface area contributed by atoms with Crippen LogP contribution in [0.4, 0.5) is 0 Å². The molecule has 0 aromatic carbocycles. The van der Waals surface area contributed by atoms with Gasteiger partial charge in [-0.3, -0.25) is 9.59 Å². The molecule has 0 unspecified atom stereocenters. The van der Waals surface area contributed by atoms with E-state index in [2.05, 4.69) is 4.98 Å². The van der Waals surface area contributed by atoms with Gasteiger partial charge in [0.2, 0.25) is 0 Å². The van der Waals surface area contributed by atoms with Crippen molar-refractivity contribution in [2.45, 2.75) is 92.0 Å². The van der Waals surface area contributed by atoms with Crippen LogP contribution in [0.25, 0.3) is 6.08 Å². The lowest BCUT2D eigenvalue weighted by Crippen LogP contribution is -2.45. The summed E-state index contributed by atoms with van der Waals surface area (Å²) in [6.45, 7) is 10.5. The van der Waals surface area contributed by atoms with Crippen LogP contribution in [0.5, 0.6) is 0 Å². The van der Waals surface area contributed by atoms with Crippen LogP contribution < -0.4 is 0 Å². The van der Waals surface area contributed by atoms with Gasteiger partial charge in [0, 0.05) is 19.3 Å². The van der Waals surface area contributed by atoms with E-state index in [-0.39, 0.29) is 18.1 Å². The molecule has 0 spiro atoms. The summed E-state index contributed by atoms with van der Waals surface area (Å²) in [7, 11) is 0. The van der Waals surface area contributed by atoms with Gasteiger partial charge in [0.25, 0.3) is 0 Å². The number of aliphatic hydroxyl groups excluding tert-OH is 2. The summed E-state index contributed by atoms with van der Waals surface area (Å²) in [6.07, 6.45) is 7.50. The van der Waals surface area contributed by atoms with Crippen LogP contribution in [0.1, 0.15) is 78.3 Å². The van der Waals surface area contributed by atoms with Gasteiger partial charge in [-0.1, -0.05) is 39.8 Å². The maximum Gasteiger partial charge on any atom is 0.309 e. The lowest BCUT2D eigenvalue weighted by Gasteiger charge is -2.34. The van der Waals surface area contributed by atoms with Gasteiger partial charge in [0.05, 0.1) is 24.0 Å². The summed E-state index contributed by atoms with van der Waals surface area (Å²) < 4.78 is 11.0. The van der Waals surface area contributed by atoms with Crippen LogP contribution in [0, 0.1) is 24.2 Å². The fourth-order valence-corrected chi connectivity index (χ4v) is 4.18. The smallest absolute Gasteiger partial charge is 0.309 e. The quantitative estimate of drug-likeness (QED) is 0.496. The molecule has 1 aromatic rings. The molecule has 1 aromatic heterocycles. The predicted molar refractivity (Wildman–Crippen MR) is 126 cm³/mol. The van der Waals surface area contributed by atoms with E-state index in [0.717, 1.165) is 24.8 Å². The second kappa shape index (κ2) is 11.7. The normalized spacial score (nSPS) is 31.8. The van der Waals surface area contributed by atoms with E-state index in [0.29, 0.717) is 18.0 Å². The molecule has 0 amide bonds. The SMILES string of the molecule is C/C(=C\c1coc(C)n1)[C@@H]1C/C=C/CCC[C@H](C)[C@@H](O)[C@H](C)C(=O)C(C)(C)[C@@H](O)CC(=O)O1. The average molecular weight is 462 g/mol. The summed E-state index contributed by atoms with van der Waals surface area (Å²) in [5.41, 5.74) is 0.248. The van der Waals surface area contributed by atoms with Crippen molar-refractivity contribution in [2.75, 3.05) is 0 Å². The van der Waals surface area contributed by atoms with Gasteiger partial charge in [-0.2, -0.15) is 0 Å². The van der Waals surface area contributed by atoms with Crippen LogP contribution in [-0.2, 0) is 14.3 Å². The van der Waals surface area contributed by atoms with Gasteiger partial charge < -0.3 is 19.4 Å². The minimum absolute atomic E-state index is 0.0491. The molecule has 1 aliphatic heterocycles. The van der Waals surface area contributed by atoms with Gasteiger partial charge in [-0.25, -0.2) is 4.98 Å². The van der Waals surface area contributed by atoms with Crippen molar-refractivity contribution in [3.05, 3.63) is 35.6 Å². The third-order valence-electron chi connectivity index (χ3n) is 6.68. The molecule has 184 valence electrons. The number of Topliss-reactive ketones (excluding diaryl/α,β-unsaturated/α-hetero) is 1. The molecule has 0 radical (unpaired) electrons. The maximum atomic E-state index is 13.1. The van der Waals surface area contributed by atoms with Crippen molar-refractivity contribution in [1.82, 2.24) is 4.98 Å². The van der Waals surface area contributed by atoms with Crippen LogP contribution in [0.2, 0.25) is 0 Å². The van der Waals surface area contributed by atoms with E-state index in [9.17, 15) is 19.8 Å². The number of aliphatic hydroxyl groups is 2. The first-order valence-corrected chi connectivity index (χ1v) is 11.8. The summed E-state index contributed by atoms with van der Waals surface area (Å²) in [5.74, 6) is -0.991. The van der Waals surface area contributed by atoms with E-state index in [1.807, 2.05) is 32.1 Å². The zero-order valence-corrected chi connectivity index (χ0v) is 20.7. The number of esters is 1. The largest absolute Gasteiger partial charge is 0.457 e. The Morgan fingerprint density at radius 1 is 1.21 bits per heavy atom. The number of hydrogen-bond donors (Lipinski definition) is 2. The molecule has 33 heavy (non-hydrogen) atoms. The lowest BCUT2D eigenvalue weighted by atomic mass is 9.73. The summed E-state index contributed by atoms with van der Waals surface area (Å²) in [6, 6.07) is 0. The third kappa shape index (κ3) is 7.37. The van der Waals surface area contributed by atoms with Crippen LogP contribution in [0.3, 0.4) is 0 Å².